The molecule has 6 heteroatoms. The Morgan fingerprint density at radius 1 is 1.32 bits per heavy atom. The van der Waals surface area contributed by atoms with E-state index in [0.717, 1.165) is 12.1 Å². The summed E-state index contributed by atoms with van der Waals surface area (Å²) in [7, 11) is 0. The second-order valence-corrected chi connectivity index (χ2v) is 7.40. The fourth-order valence-electron chi connectivity index (χ4n) is 3.52. The molecule has 1 aromatic heterocycles. The van der Waals surface area contributed by atoms with Gasteiger partial charge in [-0.05, 0) is 18.4 Å². The lowest BCUT2D eigenvalue weighted by Gasteiger charge is -2.45. The van der Waals surface area contributed by atoms with E-state index in [-0.39, 0.29) is 12.5 Å². The first-order chi connectivity index (χ1) is 12.0. The molecule has 0 aliphatic carbocycles. The lowest BCUT2D eigenvalue weighted by Crippen LogP contribution is -2.54. The molecule has 0 bridgehead atoms. The molecule has 1 saturated heterocycles. The molecule has 136 valence electrons. The zero-order valence-electron chi connectivity index (χ0n) is 14.9. The summed E-state index contributed by atoms with van der Waals surface area (Å²) in [5, 5.41) is 24.7. The molecular formula is C19H27N3O3. The predicted octanol–water partition coefficient (Wildman–Crippen LogP) is 1.98. The van der Waals surface area contributed by atoms with Gasteiger partial charge in [-0.1, -0.05) is 49.3 Å². The van der Waals surface area contributed by atoms with Crippen molar-refractivity contribution < 1.29 is 14.7 Å². The maximum absolute atomic E-state index is 10.6. The second kappa shape index (κ2) is 7.64. The van der Waals surface area contributed by atoms with Crippen LogP contribution in [0.4, 0.5) is 0 Å². The van der Waals surface area contributed by atoms with Gasteiger partial charge in [0.05, 0.1) is 19.3 Å². The van der Waals surface area contributed by atoms with Gasteiger partial charge in [-0.3, -0.25) is 4.90 Å². The number of aliphatic hydroxyl groups is 2. The molecule has 3 rings (SSSR count). The Kier molecular flexibility index (Phi) is 5.51. The molecule has 2 atom stereocenters. The maximum atomic E-state index is 10.6. The number of hydrogen-bond acceptors (Lipinski definition) is 6. The zero-order valence-corrected chi connectivity index (χ0v) is 14.9. The van der Waals surface area contributed by atoms with Crippen molar-refractivity contribution in [1.82, 2.24) is 15.0 Å². The van der Waals surface area contributed by atoms with Gasteiger partial charge >= 0.3 is 0 Å². The summed E-state index contributed by atoms with van der Waals surface area (Å²) in [6.07, 6.45) is 0.740. The Morgan fingerprint density at radius 3 is 2.72 bits per heavy atom. The summed E-state index contributed by atoms with van der Waals surface area (Å²) in [6, 6.07) is 10.0. The monoisotopic (exact) mass is 345 g/mol. The maximum Gasteiger partial charge on any atom is 0.240 e. The average Bonchev–Trinajstić information content (AvgIpc) is 3.07. The van der Waals surface area contributed by atoms with E-state index >= 15 is 0 Å². The van der Waals surface area contributed by atoms with E-state index in [9.17, 15) is 10.2 Å². The summed E-state index contributed by atoms with van der Waals surface area (Å²) < 4.78 is 5.35. The van der Waals surface area contributed by atoms with Gasteiger partial charge < -0.3 is 14.7 Å². The topological polar surface area (TPSA) is 82.6 Å². The van der Waals surface area contributed by atoms with Gasteiger partial charge in [0.25, 0.3) is 0 Å². The molecule has 0 unspecified atom stereocenters. The van der Waals surface area contributed by atoms with Crippen LogP contribution in [0, 0.1) is 5.41 Å². The number of piperidine rings is 1. The Balaban J connectivity index is 1.72. The van der Waals surface area contributed by atoms with Crippen LogP contribution < -0.4 is 0 Å². The Hall–Kier alpha value is -1.76. The lowest BCUT2D eigenvalue weighted by atomic mass is 9.73. The van der Waals surface area contributed by atoms with Crippen molar-refractivity contribution in [2.75, 3.05) is 19.7 Å². The zero-order chi connectivity index (χ0) is 17.9. The van der Waals surface area contributed by atoms with E-state index in [0.29, 0.717) is 37.6 Å². The van der Waals surface area contributed by atoms with E-state index in [1.807, 2.05) is 44.2 Å². The molecule has 1 aromatic carbocycles. The van der Waals surface area contributed by atoms with Gasteiger partial charge in [-0.15, -0.1) is 0 Å². The number of aromatic nitrogens is 2. The van der Waals surface area contributed by atoms with Crippen LogP contribution in [0.5, 0.6) is 0 Å². The summed E-state index contributed by atoms with van der Waals surface area (Å²) in [6.45, 7) is 5.89. The van der Waals surface area contributed by atoms with Crippen LogP contribution in [0.1, 0.15) is 43.5 Å². The summed E-state index contributed by atoms with van der Waals surface area (Å²) in [5.74, 6) is 1.53. The smallest absolute Gasteiger partial charge is 0.240 e. The molecule has 1 aliphatic rings. The van der Waals surface area contributed by atoms with Crippen molar-refractivity contribution in [1.29, 1.82) is 0 Å². The van der Waals surface area contributed by atoms with E-state index in [4.69, 9.17) is 4.52 Å². The normalized spacial score (nSPS) is 24.8. The minimum atomic E-state index is -0.569. The number of benzene rings is 1. The van der Waals surface area contributed by atoms with Crippen LogP contribution in [0.3, 0.4) is 0 Å². The number of aliphatic hydroxyl groups excluding tert-OH is 2. The first-order valence-electron chi connectivity index (χ1n) is 8.90. The third kappa shape index (κ3) is 4.08. The van der Waals surface area contributed by atoms with Gasteiger partial charge in [-0.25, -0.2) is 0 Å². The molecule has 0 radical (unpaired) electrons. The van der Waals surface area contributed by atoms with E-state index in [1.54, 1.807) is 0 Å². The van der Waals surface area contributed by atoms with Gasteiger partial charge in [0.15, 0.2) is 5.82 Å². The first-order valence-corrected chi connectivity index (χ1v) is 8.90. The highest BCUT2D eigenvalue weighted by Gasteiger charge is 2.42. The number of likely N-dealkylation sites (tertiary alicyclic amines) is 1. The molecule has 25 heavy (non-hydrogen) atoms. The largest absolute Gasteiger partial charge is 0.396 e. The van der Waals surface area contributed by atoms with Crippen molar-refractivity contribution in [2.24, 2.45) is 5.41 Å². The minimum absolute atomic E-state index is 0.0549. The Labute approximate surface area is 148 Å². The molecule has 2 heterocycles. The molecule has 0 amide bonds. The Morgan fingerprint density at radius 2 is 2.08 bits per heavy atom. The van der Waals surface area contributed by atoms with Crippen LogP contribution in [0.2, 0.25) is 0 Å². The third-order valence-electron chi connectivity index (χ3n) is 5.04. The van der Waals surface area contributed by atoms with E-state index in [1.165, 1.54) is 0 Å². The number of rotatable bonds is 6. The van der Waals surface area contributed by atoms with Gasteiger partial charge in [0.1, 0.15) is 0 Å². The minimum Gasteiger partial charge on any atom is -0.396 e. The van der Waals surface area contributed by atoms with Crippen LogP contribution >= 0.6 is 0 Å². The van der Waals surface area contributed by atoms with Crippen LogP contribution in [0.25, 0.3) is 0 Å². The molecule has 1 fully saturated rings. The molecule has 2 N–H and O–H groups in total. The van der Waals surface area contributed by atoms with Crippen molar-refractivity contribution in [3.8, 4) is 0 Å². The SMILES string of the molecule is CC(C)c1noc(CN2CC[C@H](O)[C@](CO)(Cc3ccccc3)C2)n1. The van der Waals surface area contributed by atoms with E-state index in [2.05, 4.69) is 15.0 Å². The highest BCUT2D eigenvalue weighted by atomic mass is 16.5. The van der Waals surface area contributed by atoms with Crippen molar-refractivity contribution in [2.45, 2.75) is 45.3 Å². The summed E-state index contributed by atoms with van der Waals surface area (Å²) in [4.78, 5) is 6.62. The fourth-order valence-corrected chi connectivity index (χ4v) is 3.52. The number of hydrogen-bond donors (Lipinski definition) is 2. The molecule has 6 nitrogen and oxygen atoms in total. The van der Waals surface area contributed by atoms with Crippen molar-refractivity contribution in [3.05, 3.63) is 47.6 Å². The number of nitrogens with zero attached hydrogens (tertiary/aromatic N) is 3. The van der Waals surface area contributed by atoms with Crippen LogP contribution in [-0.2, 0) is 13.0 Å². The van der Waals surface area contributed by atoms with Gasteiger partial charge in [0.2, 0.25) is 5.89 Å². The van der Waals surface area contributed by atoms with Crippen LogP contribution in [0.15, 0.2) is 34.9 Å². The standard InChI is InChI=1S/C19H27N3O3/c1-14(2)18-20-17(25-21-18)11-22-9-8-16(24)19(12-22,13-23)10-15-6-4-3-5-7-15/h3-7,14,16,23-24H,8-13H2,1-2H3/t16-,19+/m0/s1. The first kappa shape index (κ1) is 18.0. The fraction of sp³-hybridized carbons (Fsp3) is 0.579. The highest BCUT2D eigenvalue weighted by Crippen LogP contribution is 2.34. The quantitative estimate of drug-likeness (QED) is 0.833. The third-order valence-corrected chi connectivity index (χ3v) is 5.04. The van der Waals surface area contributed by atoms with E-state index < -0.39 is 11.5 Å². The highest BCUT2D eigenvalue weighted by molar-refractivity contribution is 5.18. The molecule has 1 aliphatic heterocycles. The second-order valence-electron chi connectivity index (χ2n) is 7.40. The predicted molar refractivity (Wildman–Crippen MR) is 94.0 cm³/mol. The average molecular weight is 345 g/mol. The van der Waals surface area contributed by atoms with Crippen LogP contribution in [-0.4, -0.2) is 51.1 Å². The summed E-state index contributed by atoms with van der Waals surface area (Å²) in [5.41, 5.74) is 0.554. The van der Waals surface area contributed by atoms with Crippen molar-refractivity contribution >= 4 is 0 Å². The Bertz CT molecular complexity index is 674. The molecule has 0 saturated carbocycles. The summed E-state index contributed by atoms with van der Waals surface area (Å²) >= 11 is 0. The van der Waals surface area contributed by atoms with Crippen molar-refractivity contribution in [3.63, 3.8) is 0 Å². The molecule has 0 spiro atoms. The van der Waals surface area contributed by atoms with Gasteiger partial charge in [-0.2, -0.15) is 4.98 Å². The molecular weight excluding hydrogens is 318 g/mol. The molecule has 2 aromatic rings. The lowest BCUT2D eigenvalue weighted by molar-refractivity contribution is -0.0784. The van der Waals surface area contributed by atoms with Gasteiger partial charge in [0, 0.05) is 24.4 Å².